The first kappa shape index (κ1) is 13.5. The first-order valence-electron chi connectivity index (χ1n) is 6.11. The zero-order chi connectivity index (χ0) is 13.5. The SMILES string of the molecule is COCCOCCn1cnc(-c2cccc(N)c2)n1. The molecule has 1 aromatic heterocycles. The summed E-state index contributed by atoms with van der Waals surface area (Å²) in [5.41, 5.74) is 7.36. The molecule has 0 saturated heterocycles. The first-order chi connectivity index (χ1) is 9.29. The summed E-state index contributed by atoms with van der Waals surface area (Å²) in [4.78, 5) is 4.26. The van der Waals surface area contributed by atoms with Crippen molar-refractivity contribution in [3.63, 3.8) is 0 Å². The van der Waals surface area contributed by atoms with E-state index >= 15 is 0 Å². The number of nitrogens with two attached hydrogens (primary N) is 1. The molecule has 0 aliphatic rings. The number of nitrogens with zero attached hydrogens (tertiary/aromatic N) is 3. The van der Waals surface area contributed by atoms with Crippen LogP contribution in [0.4, 0.5) is 5.69 Å². The number of methoxy groups -OCH3 is 1. The van der Waals surface area contributed by atoms with Crippen LogP contribution < -0.4 is 5.73 Å². The van der Waals surface area contributed by atoms with Crippen molar-refractivity contribution in [3.05, 3.63) is 30.6 Å². The highest BCUT2D eigenvalue weighted by atomic mass is 16.5. The van der Waals surface area contributed by atoms with Gasteiger partial charge in [-0.3, -0.25) is 4.68 Å². The van der Waals surface area contributed by atoms with Crippen molar-refractivity contribution in [2.75, 3.05) is 32.7 Å². The second kappa shape index (κ2) is 6.86. The van der Waals surface area contributed by atoms with E-state index in [-0.39, 0.29) is 0 Å². The Labute approximate surface area is 112 Å². The van der Waals surface area contributed by atoms with Crippen LogP contribution in [0.5, 0.6) is 0 Å². The summed E-state index contributed by atoms with van der Waals surface area (Å²) in [6.45, 7) is 2.45. The second-order valence-electron chi connectivity index (χ2n) is 4.06. The van der Waals surface area contributed by atoms with E-state index in [4.69, 9.17) is 15.2 Å². The number of anilines is 1. The van der Waals surface area contributed by atoms with E-state index in [0.717, 1.165) is 5.56 Å². The Kier molecular flexibility index (Phi) is 4.88. The van der Waals surface area contributed by atoms with Crippen LogP contribution in [0.2, 0.25) is 0 Å². The summed E-state index contributed by atoms with van der Waals surface area (Å²) in [6.07, 6.45) is 1.69. The van der Waals surface area contributed by atoms with Crippen molar-refractivity contribution < 1.29 is 9.47 Å². The van der Waals surface area contributed by atoms with E-state index in [0.29, 0.717) is 37.9 Å². The maximum absolute atomic E-state index is 5.74. The topological polar surface area (TPSA) is 75.2 Å². The van der Waals surface area contributed by atoms with Gasteiger partial charge in [0.05, 0.1) is 26.4 Å². The molecule has 0 fully saturated rings. The van der Waals surface area contributed by atoms with Crippen molar-refractivity contribution in [1.82, 2.24) is 14.8 Å². The Morgan fingerprint density at radius 1 is 1.26 bits per heavy atom. The third-order valence-corrected chi connectivity index (χ3v) is 2.58. The van der Waals surface area contributed by atoms with Crippen LogP contribution in [0.25, 0.3) is 11.4 Å². The highest BCUT2D eigenvalue weighted by molar-refractivity contribution is 5.60. The molecule has 2 aromatic rings. The molecule has 0 aliphatic heterocycles. The molecule has 0 aliphatic carbocycles. The minimum atomic E-state index is 0.586. The van der Waals surface area contributed by atoms with Gasteiger partial charge in [0, 0.05) is 18.4 Å². The Hall–Kier alpha value is -1.92. The highest BCUT2D eigenvalue weighted by Crippen LogP contribution is 2.16. The summed E-state index contributed by atoms with van der Waals surface area (Å²) in [6, 6.07) is 7.52. The Morgan fingerprint density at radius 2 is 2.16 bits per heavy atom. The van der Waals surface area contributed by atoms with Gasteiger partial charge in [-0.1, -0.05) is 12.1 Å². The van der Waals surface area contributed by atoms with Crippen LogP contribution in [-0.4, -0.2) is 41.7 Å². The van der Waals surface area contributed by atoms with Gasteiger partial charge >= 0.3 is 0 Å². The second-order valence-corrected chi connectivity index (χ2v) is 4.06. The summed E-state index contributed by atoms with van der Waals surface area (Å²) < 4.78 is 12.0. The van der Waals surface area contributed by atoms with Crippen LogP contribution >= 0.6 is 0 Å². The quantitative estimate of drug-likeness (QED) is 0.599. The minimum Gasteiger partial charge on any atom is -0.399 e. The first-order valence-corrected chi connectivity index (χ1v) is 6.11. The lowest BCUT2D eigenvalue weighted by Gasteiger charge is -2.03. The highest BCUT2D eigenvalue weighted by Gasteiger charge is 2.04. The lowest BCUT2D eigenvalue weighted by Crippen LogP contribution is -2.09. The normalized spacial score (nSPS) is 10.8. The summed E-state index contributed by atoms with van der Waals surface area (Å²) in [5.74, 6) is 0.671. The van der Waals surface area contributed by atoms with Gasteiger partial charge in [-0.2, -0.15) is 5.10 Å². The molecule has 0 radical (unpaired) electrons. The molecule has 0 atom stereocenters. The maximum Gasteiger partial charge on any atom is 0.181 e. The molecule has 102 valence electrons. The van der Waals surface area contributed by atoms with Crippen LogP contribution in [0.15, 0.2) is 30.6 Å². The lowest BCUT2D eigenvalue weighted by atomic mass is 10.2. The van der Waals surface area contributed by atoms with Gasteiger partial charge in [-0.25, -0.2) is 4.98 Å². The zero-order valence-corrected chi connectivity index (χ0v) is 11.0. The van der Waals surface area contributed by atoms with E-state index in [1.165, 1.54) is 0 Å². The van der Waals surface area contributed by atoms with E-state index < -0.39 is 0 Å². The standard InChI is InChI=1S/C13H18N4O2/c1-18-7-8-19-6-5-17-10-15-13(16-17)11-3-2-4-12(14)9-11/h2-4,9-10H,5-8,14H2,1H3. The van der Waals surface area contributed by atoms with Gasteiger partial charge < -0.3 is 15.2 Å². The van der Waals surface area contributed by atoms with E-state index in [2.05, 4.69) is 10.1 Å². The minimum absolute atomic E-state index is 0.586. The molecule has 6 nitrogen and oxygen atoms in total. The number of aromatic nitrogens is 3. The molecule has 6 heteroatoms. The largest absolute Gasteiger partial charge is 0.399 e. The van der Waals surface area contributed by atoms with Crippen molar-refractivity contribution in [1.29, 1.82) is 0 Å². The molecule has 0 spiro atoms. The maximum atomic E-state index is 5.74. The third-order valence-electron chi connectivity index (χ3n) is 2.58. The van der Waals surface area contributed by atoms with Crippen molar-refractivity contribution in [2.24, 2.45) is 0 Å². The summed E-state index contributed by atoms with van der Waals surface area (Å²) >= 11 is 0. The molecule has 0 amide bonds. The average Bonchev–Trinajstić information content (AvgIpc) is 2.87. The van der Waals surface area contributed by atoms with Gasteiger partial charge in [-0.05, 0) is 12.1 Å². The summed E-state index contributed by atoms with van der Waals surface area (Å²) in [7, 11) is 1.65. The average molecular weight is 262 g/mol. The molecule has 2 N–H and O–H groups in total. The Bertz CT molecular complexity index is 513. The van der Waals surface area contributed by atoms with Gasteiger partial charge in [-0.15, -0.1) is 0 Å². The zero-order valence-electron chi connectivity index (χ0n) is 11.0. The fourth-order valence-corrected chi connectivity index (χ4v) is 1.61. The Balaban J connectivity index is 1.88. The molecule has 0 saturated carbocycles. The number of ether oxygens (including phenoxy) is 2. The number of nitrogen functional groups attached to an aromatic ring is 1. The fourth-order valence-electron chi connectivity index (χ4n) is 1.61. The van der Waals surface area contributed by atoms with E-state index in [1.807, 2.05) is 24.3 Å². The van der Waals surface area contributed by atoms with Crippen LogP contribution in [0.1, 0.15) is 0 Å². The van der Waals surface area contributed by atoms with Crippen molar-refractivity contribution in [2.45, 2.75) is 6.54 Å². The number of hydrogen-bond acceptors (Lipinski definition) is 5. The van der Waals surface area contributed by atoms with Gasteiger partial charge in [0.25, 0.3) is 0 Å². The lowest BCUT2D eigenvalue weighted by molar-refractivity contribution is 0.0654. The third kappa shape index (κ3) is 4.04. The molecule has 1 aromatic carbocycles. The van der Waals surface area contributed by atoms with Crippen LogP contribution in [0, 0.1) is 0 Å². The van der Waals surface area contributed by atoms with Crippen molar-refractivity contribution in [3.8, 4) is 11.4 Å². The van der Waals surface area contributed by atoms with Gasteiger partial charge in [0.1, 0.15) is 6.33 Å². The predicted octanol–water partition coefficient (Wildman–Crippen LogP) is 1.19. The molecule has 19 heavy (non-hydrogen) atoms. The van der Waals surface area contributed by atoms with Gasteiger partial charge in [0.2, 0.25) is 0 Å². The number of benzene rings is 1. The molecular weight excluding hydrogens is 244 g/mol. The molecular formula is C13H18N4O2. The number of hydrogen-bond donors (Lipinski definition) is 1. The molecule has 2 rings (SSSR count). The van der Waals surface area contributed by atoms with E-state index in [1.54, 1.807) is 18.1 Å². The Morgan fingerprint density at radius 3 is 2.95 bits per heavy atom. The number of rotatable bonds is 7. The van der Waals surface area contributed by atoms with E-state index in [9.17, 15) is 0 Å². The molecule has 0 unspecified atom stereocenters. The fraction of sp³-hybridized carbons (Fsp3) is 0.385. The van der Waals surface area contributed by atoms with Crippen LogP contribution in [-0.2, 0) is 16.0 Å². The predicted molar refractivity (Wildman–Crippen MR) is 72.6 cm³/mol. The van der Waals surface area contributed by atoms with Crippen LogP contribution in [0.3, 0.4) is 0 Å². The summed E-state index contributed by atoms with van der Waals surface area (Å²) in [5, 5.41) is 4.38. The molecule has 0 bridgehead atoms. The monoisotopic (exact) mass is 262 g/mol. The van der Waals surface area contributed by atoms with Gasteiger partial charge in [0.15, 0.2) is 5.82 Å². The van der Waals surface area contributed by atoms with Crippen molar-refractivity contribution >= 4 is 5.69 Å². The smallest absolute Gasteiger partial charge is 0.181 e. The molecule has 1 heterocycles.